The Kier molecular flexibility index (Phi) is 4.61. The maximum absolute atomic E-state index is 13.3. The largest absolute Gasteiger partial charge is 0.398 e. The number of nitrogen functional groups attached to an aromatic ring is 1. The van der Waals surface area contributed by atoms with E-state index in [2.05, 4.69) is 5.32 Å². The quantitative estimate of drug-likeness (QED) is 0.625. The molecular weight excluding hydrogens is 227 g/mol. The van der Waals surface area contributed by atoms with Gasteiger partial charge in [0.05, 0.1) is 0 Å². The van der Waals surface area contributed by atoms with Crippen LogP contribution in [0.4, 0.5) is 10.1 Å². The fraction of sp³-hybridized carbons (Fsp3) is 0.364. The van der Waals surface area contributed by atoms with E-state index in [0.29, 0.717) is 17.8 Å². The number of benzene rings is 1. The fourth-order valence-corrected chi connectivity index (χ4v) is 1.51. The third-order valence-corrected chi connectivity index (χ3v) is 2.85. The number of rotatable bonds is 4. The molecule has 0 aliphatic rings. The third-order valence-electron chi connectivity index (χ3n) is 2.24. The van der Waals surface area contributed by atoms with Crippen molar-refractivity contribution in [3.05, 3.63) is 29.1 Å². The van der Waals surface area contributed by atoms with Crippen LogP contribution in [0.3, 0.4) is 0 Å². The van der Waals surface area contributed by atoms with E-state index < -0.39 is 5.82 Å². The predicted molar refractivity (Wildman–Crippen MR) is 66.3 cm³/mol. The summed E-state index contributed by atoms with van der Waals surface area (Å²) in [7, 11) is 0. The van der Waals surface area contributed by atoms with Crippen molar-refractivity contribution in [2.24, 2.45) is 0 Å². The molecule has 0 heterocycles. The number of hydrogen-bond donors (Lipinski definition) is 2. The Hall–Kier alpha value is -1.23. The van der Waals surface area contributed by atoms with E-state index in [9.17, 15) is 9.18 Å². The van der Waals surface area contributed by atoms with E-state index in [4.69, 9.17) is 5.73 Å². The van der Waals surface area contributed by atoms with Gasteiger partial charge in [0.15, 0.2) is 0 Å². The van der Waals surface area contributed by atoms with E-state index in [1.54, 1.807) is 18.7 Å². The summed E-state index contributed by atoms with van der Waals surface area (Å²) in [6.07, 6.45) is 1.95. The summed E-state index contributed by atoms with van der Waals surface area (Å²) in [6, 6.07) is 2.70. The first-order valence-corrected chi connectivity index (χ1v) is 6.28. The zero-order chi connectivity index (χ0) is 12.1. The summed E-state index contributed by atoms with van der Waals surface area (Å²) in [5.74, 6) is 0.0879. The van der Waals surface area contributed by atoms with E-state index in [-0.39, 0.29) is 11.5 Å². The zero-order valence-electron chi connectivity index (χ0n) is 9.34. The summed E-state index contributed by atoms with van der Waals surface area (Å²) < 4.78 is 13.3. The Morgan fingerprint density at radius 1 is 1.56 bits per heavy atom. The van der Waals surface area contributed by atoms with Crippen molar-refractivity contribution in [2.75, 3.05) is 24.3 Å². The highest BCUT2D eigenvalue weighted by molar-refractivity contribution is 7.98. The SMILES string of the molecule is CSCCNC(=O)c1cc(N)c(C)c(F)c1. The average Bonchev–Trinajstić information content (AvgIpc) is 2.25. The van der Waals surface area contributed by atoms with Gasteiger partial charge in [-0.15, -0.1) is 0 Å². The molecule has 88 valence electrons. The van der Waals surface area contributed by atoms with Crippen LogP contribution in [0, 0.1) is 12.7 Å². The molecule has 0 saturated heterocycles. The molecular formula is C11H15FN2OS. The smallest absolute Gasteiger partial charge is 0.251 e. The van der Waals surface area contributed by atoms with Crippen molar-refractivity contribution in [1.82, 2.24) is 5.32 Å². The van der Waals surface area contributed by atoms with Crippen LogP contribution in [-0.2, 0) is 0 Å². The normalized spacial score (nSPS) is 10.2. The van der Waals surface area contributed by atoms with E-state index >= 15 is 0 Å². The van der Waals surface area contributed by atoms with Gasteiger partial charge in [-0.1, -0.05) is 0 Å². The monoisotopic (exact) mass is 242 g/mol. The average molecular weight is 242 g/mol. The van der Waals surface area contributed by atoms with Crippen LogP contribution in [0.1, 0.15) is 15.9 Å². The van der Waals surface area contributed by atoms with Crippen molar-refractivity contribution in [1.29, 1.82) is 0 Å². The van der Waals surface area contributed by atoms with Crippen molar-refractivity contribution in [3.63, 3.8) is 0 Å². The molecule has 0 unspecified atom stereocenters. The number of nitrogens with two attached hydrogens (primary N) is 1. The highest BCUT2D eigenvalue weighted by Gasteiger charge is 2.10. The van der Waals surface area contributed by atoms with Gasteiger partial charge >= 0.3 is 0 Å². The highest BCUT2D eigenvalue weighted by Crippen LogP contribution is 2.17. The molecule has 0 radical (unpaired) electrons. The fourth-order valence-electron chi connectivity index (χ4n) is 1.20. The maximum atomic E-state index is 13.3. The summed E-state index contributed by atoms with van der Waals surface area (Å²) in [4.78, 5) is 11.6. The second-order valence-corrected chi connectivity index (χ2v) is 4.41. The first kappa shape index (κ1) is 12.8. The van der Waals surface area contributed by atoms with Crippen LogP contribution < -0.4 is 11.1 Å². The van der Waals surface area contributed by atoms with Gasteiger partial charge in [0, 0.05) is 29.1 Å². The molecule has 1 amide bonds. The van der Waals surface area contributed by atoms with Crippen LogP contribution in [0.2, 0.25) is 0 Å². The lowest BCUT2D eigenvalue weighted by Gasteiger charge is -2.07. The summed E-state index contributed by atoms with van der Waals surface area (Å²) in [5, 5.41) is 2.69. The molecule has 1 aromatic carbocycles. The van der Waals surface area contributed by atoms with Crippen LogP contribution in [-0.4, -0.2) is 24.5 Å². The first-order chi connectivity index (χ1) is 7.56. The number of carbonyl (C=O) groups excluding carboxylic acids is 1. The lowest BCUT2D eigenvalue weighted by atomic mass is 10.1. The molecule has 0 saturated carbocycles. The Morgan fingerprint density at radius 2 is 2.25 bits per heavy atom. The van der Waals surface area contributed by atoms with Gasteiger partial charge in [-0.25, -0.2) is 4.39 Å². The molecule has 1 aromatic rings. The lowest BCUT2D eigenvalue weighted by Crippen LogP contribution is -2.26. The maximum Gasteiger partial charge on any atom is 0.251 e. The number of nitrogens with one attached hydrogen (secondary N) is 1. The molecule has 5 heteroatoms. The zero-order valence-corrected chi connectivity index (χ0v) is 10.2. The van der Waals surface area contributed by atoms with Crippen LogP contribution >= 0.6 is 11.8 Å². The minimum Gasteiger partial charge on any atom is -0.398 e. The molecule has 0 bridgehead atoms. The minimum atomic E-state index is -0.449. The van der Waals surface area contributed by atoms with Gasteiger partial charge in [-0.2, -0.15) is 11.8 Å². The second kappa shape index (κ2) is 5.75. The number of carbonyl (C=O) groups is 1. The van der Waals surface area contributed by atoms with Crippen molar-refractivity contribution in [3.8, 4) is 0 Å². The van der Waals surface area contributed by atoms with Gasteiger partial charge < -0.3 is 11.1 Å². The Labute approximate surface area is 98.6 Å². The van der Waals surface area contributed by atoms with Gasteiger partial charge in [-0.3, -0.25) is 4.79 Å². The number of amides is 1. The van der Waals surface area contributed by atoms with Crippen LogP contribution in [0.5, 0.6) is 0 Å². The summed E-state index contributed by atoms with van der Waals surface area (Å²) >= 11 is 1.63. The van der Waals surface area contributed by atoms with Crippen molar-refractivity contribution >= 4 is 23.4 Å². The second-order valence-electron chi connectivity index (χ2n) is 3.42. The van der Waals surface area contributed by atoms with E-state index in [1.165, 1.54) is 12.1 Å². The molecule has 0 atom stereocenters. The number of thioether (sulfide) groups is 1. The number of halogens is 1. The van der Waals surface area contributed by atoms with Crippen LogP contribution in [0.25, 0.3) is 0 Å². The van der Waals surface area contributed by atoms with Gasteiger partial charge in [0.1, 0.15) is 5.82 Å². The summed E-state index contributed by atoms with van der Waals surface area (Å²) in [6.45, 7) is 2.15. The highest BCUT2D eigenvalue weighted by atomic mass is 32.2. The predicted octanol–water partition coefficient (Wildman–Crippen LogP) is 1.81. The molecule has 1 rings (SSSR count). The van der Waals surface area contributed by atoms with Gasteiger partial charge in [0.2, 0.25) is 0 Å². The third kappa shape index (κ3) is 3.13. The van der Waals surface area contributed by atoms with Gasteiger partial charge in [0.25, 0.3) is 5.91 Å². The molecule has 3 nitrogen and oxygen atoms in total. The Balaban J connectivity index is 2.76. The first-order valence-electron chi connectivity index (χ1n) is 4.89. The van der Waals surface area contributed by atoms with E-state index in [0.717, 1.165) is 5.75 Å². The number of hydrogen-bond acceptors (Lipinski definition) is 3. The lowest BCUT2D eigenvalue weighted by molar-refractivity contribution is 0.0956. The molecule has 0 aliphatic carbocycles. The molecule has 0 spiro atoms. The molecule has 0 fully saturated rings. The standard InChI is InChI=1S/C11H15FN2OS/c1-7-9(12)5-8(6-10(7)13)11(15)14-3-4-16-2/h5-6H,3-4,13H2,1-2H3,(H,14,15). The van der Waals surface area contributed by atoms with Crippen molar-refractivity contribution in [2.45, 2.75) is 6.92 Å². The van der Waals surface area contributed by atoms with Crippen molar-refractivity contribution < 1.29 is 9.18 Å². The minimum absolute atomic E-state index is 0.265. The molecule has 0 aliphatic heterocycles. The van der Waals surface area contributed by atoms with Crippen LogP contribution in [0.15, 0.2) is 12.1 Å². The molecule has 0 aromatic heterocycles. The molecule has 16 heavy (non-hydrogen) atoms. The van der Waals surface area contributed by atoms with Gasteiger partial charge in [-0.05, 0) is 25.3 Å². The number of anilines is 1. The van der Waals surface area contributed by atoms with E-state index in [1.807, 2.05) is 6.26 Å². The topological polar surface area (TPSA) is 55.1 Å². The Morgan fingerprint density at radius 3 is 2.81 bits per heavy atom. The Bertz CT molecular complexity index is 373. The summed E-state index contributed by atoms with van der Waals surface area (Å²) in [5.41, 5.74) is 6.53. The molecule has 3 N–H and O–H groups in total.